The summed E-state index contributed by atoms with van der Waals surface area (Å²) < 4.78 is 0. The lowest BCUT2D eigenvalue weighted by Crippen LogP contribution is -2.21. The molecule has 2 heterocycles. The van der Waals surface area contributed by atoms with Crippen molar-refractivity contribution < 1.29 is 0 Å². The first kappa shape index (κ1) is 12.8. The Labute approximate surface area is 111 Å². The van der Waals surface area contributed by atoms with E-state index in [9.17, 15) is 0 Å². The number of nitrogens with one attached hydrogen (secondary N) is 1. The summed E-state index contributed by atoms with van der Waals surface area (Å²) in [6.07, 6.45) is 3.45. The number of aromatic nitrogens is 2. The summed E-state index contributed by atoms with van der Waals surface area (Å²) >= 11 is 6.18. The van der Waals surface area contributed by atoms with E-state index in [4.69, 9.17) is 17.3 Å². The number of hydrogen-bond acceptors (Lipinski definition) is 4. The third-order valence-corrected chi connectivity index (χ3v) is 3.07. The van der Waals surface area contributed by atoms with Crippen molar-refractivity contribution in [2.45, 2.75) is 13.0 Å². The van der Waals surface area contributed by atoms with E-state index < -0.39 is 0 Å². The predicted molar refractivity (Wildman–Crippen MR) is 73.5 cm³/mol. The molecule has 0 saturated carbocycles. The molecule has 0 aliphatic rings. The SMILES string of the molecule is CNC(c1cc(C)cnc1N)c1ncccc1Cl. The fourth-order valence-electron chi connectivity index (χ4n) is 1.88. The number of rotatable bonds is 3. The van der Waals surface area contributed by atoms with Gasteiger partial charge in [-0.25, -0.2) is 4.98 Å². The van der Waals surface area contributed by atoms with Crippen LogP contribution < -0.4 is 11.1 Å². The van der Waals surface area contributed by atoms with E-state index in [0.29, 0.717) is 10.8 Å². The maximum Gasteiger partial charge on any atom is 0.128 e. The van der Waals surface area contributed by atoms with E-state index in [1.165, 1.54) is 0 Å². The van der Waals surface area contributed by atoms with Crippen LogP contribution in [0, 0.1) is 6.92 Å². The zero-order valence-electron chi connectivity index (χ0n) is 10.3. The van der Waals surface area contributed by atoms with Gasteiger partial charge in [0, 0.05) is 18.0 Å². The molecule has 0 spiro atoms. The Morgan fingerprint density at radius 1 is 1.39 bits per heavy atom. The summed E-state index contributed by atoms with van der Waals surface area (Å²) in [5.41, 5.74) is 8.62. The van der Waals surface area contributed by atoms with Gasteiger partial charge in [-0.3, -0.25) is 4.98 Å². The third kappa shape index (κ3) is 2.44. The van der Waals surface area contributed by atoms with Crippen molar-refractivity contribution >= 4 is 17.4 Å². The molecule has 5 heteroatoms. The summed E-state index contributed by atoms with van der Waals surface area (Å²) in [4.78, 5) is 8.49. The molecule has 2 aromatic rings. The first-order valence-electron chi connectivity index (χ1n) is 5.63. The van der Waals surface area contributed by atoms with E-state index in [-0.39, 0.29) is 6.04 Å². The molecule has 0 aromatic carbocycles. The van der Waals surface area contributed by atoms with Crippen molar-refractivity contribution in [3.05, 3.63) is 52.4 Å². The maximum absolute atomic E-state index is 6.18. The molecule has 2 rings (SSSR count). The summed E-state index contributed by atoms with van der Waals surface area (Å²) in [6.45, 7) is 1.97. The molecule has 94 valence electrons. The van der Waals surface area contributed by atoms with Crippen LogP contribution >= 0.6 is 11.6 Å². The van der Waals surface area contributed by atoms with Crippen LogP contribution in [-0.2, 0) is 0 Å². The van der Waals surface area contributed by atoms with Gasteiger partial charge in [0.1, 0.15) is 5.82 Å². The Balaban J connectivity index is 2.52. The second-order valence-electron chi connectivity index (χ2n) is 4.08. The van der Waals surface area contributed by atoms with E-state index in [0.717, 1.165) is 16.8 Å². The highest BCUT2D eigenvalue weighted by Gasteiger charge is 2.19. The van der Waals surface area contributed by atoms with Crippen LogP contribution in [0.2, 0.25) is 5.02 Å². The second-order valence-corrected chi connectivity index (χ2v) is 4.49. The fraction of sp³-hybridized carbons (Fsp3) is 0.231. The maximum atomic E-state index is 6.18. The Bertz CT molecular complexity index is 556. The van der Waals surface area contributed by atoms with E-state index in [1.54, 1.807) is 18.5 Å². The van der Waals surface area contributed by atoms with Crippen molar-refractivity contribution in [3.8, 4) is 0 Å². The number of aryl methyl sites for hydroxylation is 1. The number of halogens is 1. The Hall–Kier alpha value is -1.65. The van der Waals surface area contributed by atoms with E-state index >= 15 is 0 Å². The molecule has 0 amide bonds. The molecule has 1 unspecified atom stereocenters. The van der Waals surface area contributed by atoms with Gasteiger partial charge in [-0.1, -0.05) is 11.6 Å². The van der Waals surface area contributed by atoms with Crippen molar-refractivity contribution in [1.29, 1.82) is 0 Å². The van der Waals surface area contributed by atoms with E-state index in [1.807, 2.05) is 26.1 Å². The smallest absolute Gasteiger partial charge is 0.128 e. The topological polar surface area (TPSA) is 63.8 Å². The minimum absolute atomic E-state index is 0.161. The standard InChI is InChI=1S/C13H15ClN4/c1-8-6-9(13(15)18-7-8)11(16-2)12-10(14)4-3-5-17-12/h3-7,11,16H,1-2H3,(H2,15,18). The van der Waals surface area contributed by atoms with Gasteiger partial charge in [0.05, 0.1) is 16.8 Å². The third-order valence-electron chi connectivity index (χ3n) is 2.75. The lowest BCUT2D eigenvalue weighted by Gasteiger charge is -2.18. The van der Waals surface area contributed by atoms with Gasteiger partial charge in [-0.05, 0) is 37.7 Å². The molecular formula is C13H15ClN4. The van der Waals surface area contributed by atoms with Gasteiger partial charge in [-0.15, -0.1) is 0 Å². The quantitative estimate of drug-likeness (QED) is 0.891. The van der Waals surface area contributed by atoms with Gasteiger partial charge < -0.3 is 11.1 Å². The second kappa shape index (κ2) is 5.33. The van der Waals surface area contributed by atoms with E-state index in [2.05, 4.69) is 15.3 Å². The lowest BCUT2D eigenvalue weighted by molar-refractivity contribution is 0.670. The minimum Gasteiger partial charge on any atom is -0.383 e. The van der Waals surface area contributed by atoms with Gasteiger partial charge in [-0.2, -0.15) is 0 Å². The zero-order valence-corrected chi connectivity index (χ0v) is 11.1. The molecule has 3 N–H and O–H groups in total. The number of hydrogen-bond donors (Lipinski definition) is 2. The highest BCUT2D eigenvalue weighted by molar-refractivity contribution is 6.31. The van der Waals surface area contributed by atoms with Crippen molar-refractivity contribution in [3.63, 3.8) is 0 Å². The van der Waals surface area contributed by atoms with Gasteiger partial charge >= 0.3 is 0 Å². The van der Waals surface area contributed by atoms with Crippen molar-refractivity contribution in [2.75, 3.05) is 12.8 Å². The molecule has 0 aliphatic heterocycles. The number of pyridine rings is 2. The molecule has 4 nitrogen and oxygen atoms in total. The molecule has 0 radical (unpaired) electrons. The summed E-state index contributed by atoms with van der Waals surface area (Å²) in [6, 6.07) is 5.45. The van der Waals surface area contributed by atoms with Crippen LogP contribution in [0.25, 0.3) is 0 Å². The number of nitrogens with zero attached hydrogens (tertiary/aromatic N) is 2. The van der Waals surface area contributed by atoms with Crippen molar-refractivity contribution in [1.82, 2.24) is 15.3 Å². The molecule has 1 atom stereocenters. The van der Waals surface area contributed by atoms with Gasteiger partial charge in [0.15, 0.2) is 0 Å². The first-order valence-corrected chi connectivity index (χ1v) is 6.01. The van der Waals surface area contributed by atoms with Crippen LogP contribution in [0.15, 0.2) is 30.6 Å². The normalized spacial score (nSPS) is 12.4. The molecule has 0 aliphatic carbocycles. The average Bonchev–Trinajstić information content (AvgIpc) is 2.36. The first-order chi connectivity index (χ1) is 8.63. The number of anilines is 1. The molecule has 0 saturated heterocycles. The lowest BCUT2D eigenvalue weighted by atomic mass is 10.0. The number of nitrogen functional groups attached to an aromatic ring is 1. The highest BCUT2D eigenvalue weighted by Crippen LogP contribution is 2.28. The Morgan fingerprint density at radius 3 is 2.83 bits per heavy atom. The van der Waals surface area contributed by atoms with Crippen LogP contribution in [0.5, 0.6) is 0 Å². The zero-order chi connectivity index (χ0) is 13.1. The Kier molecular flexibility index (Phi) is 3.79. The highest BCUT2D eigenvalue weighted by atomic mass is 35.5. The van der Waals surface area contributed by atoms with Gasteiger partial charge in [0.25, 0.3) is 0 Å². The predicted octanol–water partition coefficient (Wildman–Crippen LogP) is 2.33. The molecular weight excluding hydrogens is 248 g/mol. The van der Waals surface area contributed by atoms with Crippen LogP contribution in [0.1, 0.15) is 22.9 Å². The number of nitrogens with two attached hydrogens (primary N) is 1. The van der Waals surface area contributed by atoms with Crippen molar-refractivity contribution in [2.24, 2.45) is 0 Å². The van der Waals surface area contributed by atoms with Crippen LogP contribution in [0.3, 0.4) is 0 Å². The summed E-state index contributed by atoms with van der Waals surface area (Å²) in [5.74, 6) is 0.488. The summed E-state index contributed by atoms with van der Waals surface area (Å²) in [7, 11) is 1.84. The summed E-state index contributed by atoms with van der Waals surface area (Å²) in [5, 5.41) is 3.79. The minimum atomic E-state index is -0.161. The van der Waals surface area contributed by atoms with Gasteiger partial charge in [0.2, 0.25) is 0 Å². The molecule has 0 bridgehead atoms. The largest absolute Gasteiger partial charge is 0.383 e. The Morgan fingerprint density at radius 2 is 2.17 bits per heavy atom. The monoisotopic (exact) mass is 262 g/mol. The van der Waals surface area contributed by atoms with Crippen LogP contribution in [-0.4, -0.2) is 17.0 Å². The molecule has 18 heavy (non-hydrogen) atoms. The molecule has 0 fully saturated rings. The van der Waals surface area contributed by atoms with Crippen LogP contribution in [0.4, 0.5) is 5.82 Å². The fourth-order valence-corrected chi connectivity index (χ4v) is 2.11. The average molecular weight is 263 g/mol. The molecule has 2 aromatic heterocycles.